The maximum Gasteiger partial charge on any atom is 0.237 e. The van der Waals surface area contributed by atoms with Crippen LogP contribution in [0.1, 0.15) is 32.6 Å². The lowest BCUT2D eigenvalue weighted by atomic mass is 10.2. The monoisotopic (exact) mass is 260 g/mol. The molecule has 0 aliphatic heterocycles. The summed E-state index contributed by atoms with van der Waals surface area (Å²) in [5.41, 5.74) is 5.80. The van der Waals surface area contributed by atoms with Gasteiger partial charge in [-0.15, -0.1) is 0 Å². The van der Waals surface area contributed by atoms with Crippen molar-refractivity contribution in [3.8, 4) is 0 Å². The molecular formula is C12H24N2O2S. The number of nitrogens with two attached hydrogens (primary N) is 1. The lowest BCUT2D eigenvalue weighted by Crippen LogP contribution is -2.47. The molecular weight excluding hydrogens is 236 g/mol. The minimum absolute atomic E-state index is 0.0318. The fourth-order valence-electron chi connectivity index (χ4n) is 2.17. The number of carbonyl (C=O) groups excluding carboxylic acids is 1. The van der Waals surface area contributed by atoms with Crippen molar-refractivity contribution in [2.24, 2.45) is 5.73 Å². The molecule has 0 heterocycles. The number of nitrogens with one attached hydrogen (secondary N) is 1. The number of ether oxygens (including phenoxy) is 1. The number of thioether (sulfide) groups is 1. The molecule has 0 saturated heterocycles. The minimum Gasteiger partial charge on any atom is -0.385 e. The number of amides is 1. The van der Waals surface area contributed by atoms with Crippen molar-refractivity contribution in [2.75, 3.05) is 19.5 Å². The molecule has 1 saturated carbocycles. The molecule has 1 aliphatic carbocycles. The van der Waals surface area contributed by atoms with Gasteiger partial charge in [-0.25, -0.2) is 0 Å². The summed E-state index contributed by atoms with van der Waals surface area (Å²) in [7, 11) is 1.62. The zero-order valence-electron chi connectivity index (χ0n) is 10.8. The van der Waals surface area contributed by atoms with E-state index in [0.717, 1.165) is 12.2 Å². The maximum atomic E-state index is 11.9. The predicted molar refractivity (Wildman–Crippen MR) is 72.2 cm³/mol. The number of hydrogen-bond acceptors (Lipinski definition) is 4. The van der Waals surface area contributed by atoms with Crippen molar-refractivity contribution < 1.29 is 9.53 Å². The fourth-order valence-corrected chi connectivity index (χ4v) is 3.37. The van der Waals surface area contributed by atoms with Gasteiger partial charge in [0.15, 0.2) is 0 Å². The van der Waals surface area contributed by atoms with Crippen molar-refractivity contribution in [3.05, 3.63) is 0 Å². The summed E-state index contributed by atoms with van der Waals surface area (Å²) < 4.78 is 4.93. The van der Waals surface area contributed by atoms with Gasteiger partial charge >= 0.3 is 0 Å². The Bertz CT molecular complexity index is 239. The Morgan fingerprint density at radius 2 is 2.35 bits per heavy atom. The van der Waals surface area contributed by atoms with Gasteiger partial charge in [0.25, 0.3) is 0 Å². The van der Waals surface area contributed by atoms with E-state index in [4.69, 9.17) is 10.5 Å². The molecule has 0 radical (unpaired) electrons. The van der Waals surface area contributed by atoms with E-state index in [-0.39, 0.29) is 5.91 Å². The fraction of sp³-hybridized carbons (Fsp3) is 0.917. The highest BCUT2D eigenvalue weighted by Crippen LogP contribution is 2.29. The molecule has 3 unspecified atom stereocenters. The van der Waals surface area contributed by atoms with Crippen molar-refractivity contribution in [2.45, 2.75) is 49.9 Å². The second kappa shape index (κ2) is 7.95. The first-order valence-corrected chi connectivity index (χ1v) is 7.40. The topological polar surface area (TPSA) is 64.4 Å². The average molecular weight is 260 g/mol. The predicted octanol–water partition coefficient (Wildman–Crippen LogP) is 1.14. The number of rotatable bonds is 7. The Balaban J connectivity index is 2.33. The molecule has 1 rings (SSSR count). The lowest BCUT2D eigenvalue weighted by molar-refractivity contribution is -0.123. The molecule has 100 valence electrons. The summed E-state index contributed by atoms with van der Waals surface area (Å²) in [6.45, 7) is 2.69. The normalized spacial score (nSPS) is 25.8. The van der Waals surface area contributed by atoms with Crippen LogP contribution in [0.4, 0.5) is 0 Å². The Hall–Kier alpha value is -0.260. The van der Waals surface area contributed by atoms with Crippen molar-refractivity contribution in [3.63, 3.8) is 0 Å². The molecule has 1 aliphatic rings. The minimum atomic E-state index is -0.442. The van der Waals surface area contributed by atoms with Crippen LogP contribution in [-0.2, 0) is 9.53 Å². The van der Waals surface area contributed by atoms with Gasteiger partial charge in [-0.2, -0.15) is 11.8 Å². The Morgan fingerprint density at radius 3 is 3.00 bits per heavy atom. The van der Waals surface area contributed by atoms with E-state index in [0.29, 0.717) is 24.3 Å². The summed E-state index contributed by atoms with van der Waals surface area (Å²) >= 11 is 1.94. The highest BCUT2D eigenvalue weighted by atomic mass is 32.2. The van der Waals surface area contributed by atoms with Gasteiger partial charge in [-0.1, -0.05) is 13.3 Å². The smallest absolute Gasteiger partial charge is 0.237 e. The first-order chi connectivity index (χ1) is 8.19. The summed E-state index contributed by atoms with van der Waals surface area (Å²) in [5, 5.41) is 3.65. The molecule has 17 heavy (non-hydrogen) atoms. The van der Waals surface area contributed by atoms with Gasteiger partial charge in [-0.05, 0) is 25.0 Å². The number of carbonyl (C=O) groups is 1. The van der Waals surface area contributed by atoms with E-state index in [2.05, 4.69) is 12.2 Å². The summed E-state index contributed by atoms with van der Waals surface area (Å²) in [6, 6.07) is -0.135. The van der Waals surface area contributed by atoms with Crippen LogP contribution in [0.2, 0.25) is 0 Å². The molecule has 5 heteroatoms. The number of hydrogen-bond donors (Lipinski definition) is 2. The molecule has 0 spiro atoms. The van der Waals surface area contributed by atoms with Crippen molar-refractivity contribution in [1.82, 2.24) is 5.32 Å². The van der Waals surface area contributed by atoms with E-state index in [1.54, 1.807) is 7.11 Å². The van der Waals surface area contributed by atoms with Gasteiger partial charge < -0.3 is 15.8 Å². The van der Waals surface area contributed by atoms with Crippen molar-refractivity contribution >= 4 is 17.7 Å². The molecule has 3 atom stereocenters. The van der Waals surface area contributed by atoms with Crippen LogP contribution < -0.4 is 11.1 Å². The zero-order valence-corrected chi connectivity index (χ0v) is 11.6. The molecule has 4 nitrogen and oxygen atoms in total. The average Bonchev–Trinajstić information content (AvgIpc) is 2.74. The molecule has 1 amide bonds. The van der Waals surface area contributed by atoms with E-state index in [1.807, 2.05) is 11.8 Å². The highest BCUT2D eigenvalue weighted by molar-refractivity contribution is 7.99. The van der Waals surface area contributed by atoms with E-state index in [9.17, 15) is 4.79 Å². The first-order valence-electron chi connectivity index (χ1n) is 6.35. The third-order valence-corrected chi connectivity index (χ3v) is 4.46. The zero-order chi connectivity index (χ0) is 12.7. The largest absolute Gasteiger partial charge is 0.385 e. The van der Waals surface area contributed by atoms with Crippen LogP contribution in [0.25, 0.3) is 0 Å². The third-order valence-electron chi connectivity index (χ3n) is 3.13. The lowest BCUT2D eigenvalue weighted by Gasteiger charge is -2.22. The van der Waals surface area contributed by atoms with Gasteiger partial charge in [0.2, 0.25) is 5.91 Å². The Kier molecular flexibility index (Phi) is 6.92. The van der Waals surface area contributed by atoms with Crippen molar-refractivity contribution in [1.29, 1.82) is 0 Å². The summed E-state index contributed by atoms with van der Waals surface area (Å²) in [6.07, 6.45) is 4.08. The van der Waals surface area contributed by atoms with Gasteiger partial charge in [0, 0.05) is 25.0 Å². The van der Waals surface area contributed by atoms with Crippen LogP contribution in [-0.4, -0.2) is 42.7 Å². The van der Waals surface area contributed by atoms with E-state index >= 15 is 0 Å². The third kappa shape index (κ3) is 4.85. The molecule has 0 aromatic heterocycles. The molecule has 0 aromatic rings. The quantitative estimate of drug-likeness (QED) is 0.720. The van der Waals surface area contributed by atoms with Gasteiger partial charge in [0.1, 0.15) is 0 Å². The van der Waals surface area contributed by atoms with Gasteiger partial charge in [0.05, 0.1) is 6.04 Å². The molecule has 0 bridgehead atoms. The SMILES string of the molecule is CCSC1CCCC1NC(=O)C(N)CCOC. The Morgan fingerprint density at radius 1 is 1.59 bits per heavy atom. The maximum absolute atomic E-state index is 11.9. The van der Waals surface area contributed by atoms with Crippen LogP contribution in [0.3, 0.4) is 0 Å². The standard InChI is InChI=1S/C12H24N2O2S/c1-3-17-11-6-4-5-10(11)14-12(15)9(13)7-8-16-2/h9-11H,3-8,13H2,1-2H3,(H,14,15). The van der Waals surface area contributed by atoms with Crippen LogP contribution in [0.5, 0.6) is 0 Å². The second-order valence-corrected chi connectivity index (χ2v) is 5.94. The van der Waals surface area contributed by atoms with Gasteiger partial charge in [-0.3, -0.25) is 4.79 Å². The van der Waals surface area contributed by atoms with Crippen LogP contribution in [0, 0.1) is 0 Å². The van der Waals surface area contributed by atoms with Crippen LogP contribution >= 0.6 is 11.8 Å². The second-order valence-electron chi connectivity index (χ2n) is 4.43. The van der Waals surface area contributed by atoms with E-state index < -0.39 is 6.04 Å². The molecule has 1 fully saturated rings. The van der Waals surface area contributed by atoms with E-state index in [1.165, 1.54) is 12.8 Å². The summed E-state index contributed by atoms with van der Waals surface area (Å²) in [5.74, 6) is 1.07. The Labute approximate surface area is 108 Å². The number of methoxy groups -OCH3 is 1. The first kappa shape index (κ1) is 14.8. The highest BCUT2D eigenvalue weighted by Gasteiger charge is 2.29. The van der Waals surface area contributed by atoms with Crippen LogP contribution in [0.15, 0.2) is 0 Å². The summed E-state index contributed by atoms with van der Waals surface area (Å²) in [4.78, 5) is 11.9. The molecule has 0 aromatic carbocycles. The molecule has 3 N–H and O–H groups in total.